The maximum Gasteiger partial charge on any atom is 0.198 e. The average Bonchev–Trinajstić information content (AvgIpc) is 2.86. The molecular formula is C15H24IN3S. The van der Waals surface area contributed by atoms with Crippen LogP contribution in [0.1, 0.15) is 18.9 Å². The molecule has 0 aliphatic carbocycles. The number of nitrogens with zero attached hydrogens (tertiary/aromatic N) is 2. The van der Waals surface area contributed by atoms with E-state index in [4.69, 9.17) is 4.99 Å². The second-order valence-corrected chi connectivity index (χ2v) is 5.60. The highest BCUT2D eigenvalue weighted by Gasteiger charge is 2.21. The van der Waals surface area contributed by atoms with Crippen molar-refractivity contribution in [3.8, 4) is 0 Å². The van der Waals surface area contributed by atoms with Gasteiger partial charge in [-0.1, -0.05) is 18.2 Å². The number of thioether (sulfide) groups is 1. The molecule has 0 fully saturated rings. The van der Waals surface area contributed by atoms with Gasteiger partial charge in [0.2, 0.25) is 0 Å². The van der Waals surface area contributed by atoms with Gasteiger partial charge in [-0.25, -0.2) is 0 Å². The fraction of sp³-hybridized carbons (Fsp3) is 0.533. The molecule has 20 heavy (non-hydrogen) atoms. The van der Waals surface area contributed by atoms with Crippen molar-refractivity contribution in [3.05, 3.63) is 29.8 Å². The third-order valence-electron chi connectivity index (χ3n) is 3.25. The number of halogens is 1. The summed E-state index contributed by atoms with van der Waals surface area (Å²) in [6, 6.07) is 8.63. The van der Waals surface area contributed by atoms with Crippen LogP contribution in [0.4, 0.5) is 5.69 Å². The number of hydrogen-bond donors (Lipinski definition) is 1. The van der Waals surface area contributed by atoms with E-state index in [1.165, 1.54) is 17.0 Å². The number of benzene rings is 1. The lowest BCUT2D eigenvalue weighted by atomic mass is 10.2. The first-order valence-corrected chi connectivity index (χ1v) is 8.39. The molecule has 0 radical (unpaired) electrons. The van der Waals surface area contributed by atoms with E-state index < -0.39 is 0 Å². The SMILES string of the molecule is CCNC(=NCCCSC)N1CCc2ccccc21.I. The molecule has 0 amide bonds. The minimum absolute atomic E-state index is 0. The number of nitrogens with one attached hydrogen (secondary N) is 1. The standard InChI is InChI=1S/C15H23N3S.HI/c1-3-16-15(17-10-6-12-19-2)18-11-9-13-7-4-5-8-14(13)18;/h4-5,7-8H,3,6,9-12H2,1-2H3,(H,16,17);1H. The number of anilines is 1. The summed E-state index contributed by atoms with van der Waals surface area (Å²) < 4.78 is 0. The van der Waals surface area contributed by atoms with Crippen molar-refractivity contribution < 1.29 is 0 Å². The van der Waals surface area contributed by atoms with Gasteiger partial charge in [-0.15, -0.1) is 24.0 Å². The first kappa shape index (κ1) is 17.6. The van der Waals surface area contributed by atoms with Crippen molar-refractivity contribution in [2.45, 2.75) is 19.8 Å². The lowest BCUT2D eigenvalue weighted by Gasteiger charge is -2.22. The van der Waals surface area contributed by atoms with Crippen molar-refractivity contribution in [2.24, 2.45) is 4.99 Å². The lowest BCUT2D eigenvalue weighted by molar-refractivity contribution is 0.865. The largest absolute Gasteiger partial charge is 0.356 e. The molecule has 1 heterocycles. The van der Waals surface area contributed by atoms with E-state index in [0.717, 1.165) is 38.4 Å². The van der Waals surface area contributed by atoms with Gasteiger partial charge in [0.05, 0.1) is 0 Å². The van der Waals surface area contributed by atoms with E-state index in [-0.39, 0.29) is 24.0 Å². The summed E-state index contributed by atoms with van der Waals surface area (Å²) in [5, 5.41) is 3.41. The maximum absolute atomic E-state index is 4.75. The summed E-state index contributed by atoms with van der Waals surface area (Å²) >= 11 is 1.88. The third-order valence-corrected chi connectivity index (χ3v) is 3.94. The maximum atomic E-state index is 4.75. The van der Waals surface area contributed by atoms with E-state index in [0.29, 0.717) is 0 Å². The van der Waals surface area contributed by atoms with Gasteiger partial charge in [-0.3, -0.25) is 4.99 Å². The van der Waals surface area contributed by atoms with E-state index in [1.807, 2.05) is 11.8 Å². The van der Waals surface area contributed by atoms with Gasteiger partial charge in [0.1, 0.15) is 0 Å². The third kappa shape index (κ3) is 4.55. The highest BCUT2D eigenvalue weighted by atomic mass is 127. The monoisotopic (exact) mass is 405 g/mol. The zero-order chi connectivity index (χ0) is 13.5. The molecule has 0 unspecified atom stereocenters. The predicted octanol–water partition coefficient (Wildman–Crippen LogP) is 3.39. The van der Waals surface area contributed by atoms with E-state index in [1.54, 1.807) is 0 Å². The summed E-state index contributed by atoms with van der Waals surface area (Å²) in [5.41, 5.74) is 2.74. The van der Waals surface area contributed by atoms with Gasteiger partial charge in [0, 0.05) is 25.3 Å². The smallest absolute Gasteiger partial charge is 0.198 e. The molecule has 1 aliphatic rings. The Morgan fingerprint density at radius 1 is 1.40 bits per heavy atom. The van der Waals surface area contributed by atoms with E-state index >= 15 is 0 Å². The highest BCUT2D eigenvalue weighted by Crippen LogP contribution is 2.27. The molecule has 0 spiro atoms. The number of guanidine groups is 1. The molecule has 0 saturated carbocycles. The summed E-state index contributed by atoms with van der Waals surface area (Å²) in [7, 11) is 0. The van der Waals surface area contributed by atoms with Crippen molar-refractivity contribution in [1.82, 2.24) is 5.32 Å². The van der Waals surface area contributed by atoms with Crippen LogP contribution in [0.3, 0.4) is 0 Å². The van der Waals surface area contributed by atoms with E-state index in [9.17, 15) is 0 Å². The average molecular weight is 405 g/mol. The van der Waals surface area contributed by atoms with Crippen molar-refractivity contribution >= 4 is 47.4 Å². The van der Waals surface area contributed by atoms with Crippen LogP contribution in [-0.4, -0.2) is 37.6 Å². The van der Waals surface area contributed by atoms with Crippen LogP contribution >= 0.6 is 35.7 Å². The van der Waals surface area contributed by atoms with Gasteiger partial charge in [-0.2, -0.15) is 11.8 Å². The van der Waals surface area contributed by atoms with E-state index in [2.05, 4.69) is 47.7 Å². The van der Waals surface area contributed by atoms with Gasteiger partial charge >= 0.3 is 0 Å². The highest BCUT2D eigenvalue weighted by molar-refractivity contribution is 14.0. The summed E-state index contributed by atoms with van der Waals surface area (Å²) in [6.45, 7) is 4.98. The van der Waals surface area contributed by atoms with Crippen LogP contribution in [0.5, 0.6) is 0 Å². The van der Waals surface area contributed by atoms with Crippen molar-refractivity contribution in [2.75, 3.05) is 36.5 Å². The normalized spacial score (nSPS) is 13.9. The number of rotatable bonds is 5. The Balaban J connectivity index is 0.00000200. The summed E-state index contributed by atoms with van der Waals surface area (Å²) in [6.07, 6.45) is 4.41. The molecular weight excluding hydrogens is 381 g/mol. The molecule has 0 atom stereocenters. The fourth-order valence-electron chi connectivity index (χ4n) is 2.35. The van der Waals surface area contributed by atoms with Crippen LogP contribution in [0, 0.1) is 0 Å². The summed E-state index contributed by atoms with van der Waals surface area (Å²) in [5.74, 6) is 2.22. The van der Waals surface area contributed by atoms with Gasteiger partial charge in [-0.05, 0) is 43.4 Å². The minimum atomic E-state index is 0. The quantitative estimate of drug-likeness (QED) is 0.352. The van der Waals surface area contributed by atoms with Gasteiger partial charge in [0.25, 0.3) is 0 Å². The number of aliphatic imine (C=N–C) groups is 1. The van der Waals surface area contributed by atoms with Crippen molar-refractivity contribution in [1.29, 1.82) is 0 Å². The molecule has 2 rings (SSSR count). The first-order chi connectivity index (χ1) is 9.36. The van der Waals surface area contributed by atoms with Gasteiger partial charge < -0.3 is 10.2 Å². The van der Waals surface area contributed by atoms with Crippen LogP contribution in [0.2, 0.25) is 0 Å². The number of hydrogen-bond acceptors (Lipinski definition) is 2. The topological polar surface area (TPSA) is 27.6 Å². The molecule has 1 N–H and O–H groups in total. The minimum Gasteiger partial charge on any atom is -0.356 e. The zero-order valence-corrected chi connectivity index (χ0v) is 15.4. The van der Waals surface area contributed by atoms with Crippen molar-refractivity contribution in [3.63, 3.8) is 0 Å². The second-order valence-electron chi connectivity index (χ2n) is 4.61. The molecule has 5 heteroatoms. The first-order valence-electron chi connectivity index (χ1n) is 6.99. The van der Waals surface area contributed by atoms with Crippen LogP contribution in [0.15, 0.2) is 29.3 Å². The number of para-hydroxylation sites is 1. The Morgan fingerprint density at radius 3 is 2.95 bits per heavy atom. The lowest BCUT2D eigenvalue weighted by Crippen LogP contribution is -2.40. The molecule has 1 aromatic rings. The molecule has 0 aromatic heterocycles. The molecule has 1 aliphatic heterocycles. The molecule has 3 nitrogen and oxygen atoms in total. The van der Waals surface area contributed by atoms with Gasteiger partial charge in [0.15, 0.2) is 5.96 Å². The molecule has 0 saturated heterocycles. The molecule has 112 valence electrons. The molecule has 1 aromatic carbocycles. The Bertz CT molecular complexity index is 437. The number of fused-ring (bicyclic) bond motifs is 1. The Labute approximate surface area is 143 Å². The van der Waals surface area contributed by atoms with Crippen LogP contribution in [-0.2, 0) is 6.42 Å². The van der Waals surface area contributed by atoms with Crippen LogP contribution in [0.25, 0.3) is 0 Å². The fourth-order valence-corrected chi connectivity index (χ4v) is 2.76. The zero-order valence-electron chi connectivity index (χ0n) is 12.3. The Hall–Kier alpha value is -0.430. The molecule has 0 bridgehead atoms. The Kier molecular flexibility index (Phi) is 8.37. The predicted molar refractivity (Wildman–Crippen MR) is 102 cm³/mol. The van der Waals surface area contributed by atoms with Crippen LogP contribution < -0.4 is 10.2 Å². The summed E-state index contributed by atoms with van der Waals surface area (Å²) in [4.78, 5) is 7.07. The Morgan fingerprint density at radius 2 is 2.20 bits per heavy atom. The second kappa shape index (κ2) is 9.50.